The van der Waals surface area contributed by atoms with Crippen LogP contribution in [0.5, 0.6) is 5.75 Å². The minimum absolute atomic E-state index is 0.610. The van der Waals surface area contributed by atoms with E-state index in [2.05, 4.69) is 16.5 Å². The van der Waals surface area contributed by atoms with Crippen molar-refractivity contribution in [1.82, 2.24) is 15.1 Å². The highest BCUT2D eigenvalue weighted by atomic mass is 35.5. The Kier molecular flexibility index (Phi) is 2.97. The first-order valence-corrected chi connectivity index (χ1v) is 6.27. The third-order valence-corrected chi connectivity index (χ3v) is 3.41. The van der Waals surface area contributed by atoms with Crippen LogP contribution in [0.15, 0.2) is 24.3 Å². The van der Waals surface area contributed by atoms with Gasteiger partial charge in [0.25, 0.3) is 0 Å². The van der Waals surface area contributed by atoms with Crippen LogP contribution in [-0.2, 0) is 13.1 Å². The number of benzene rings is 1. The Morgan fingerprint density at radius 1 is 1.39 bits per heavy atom. The van der Waals surface area contributed by atoms with Crippen molar-refractivity contribution in [1.29, 1.82) is 0 Å². The van der Waals surface area contributed by atoms with Crippen LogP contribution in [0.3, 0.4) is 0 Å². The number of ether oxygens (including phenoxy) is 1. The van der Waals surface area contributed by atoms with E-state index in [4.69, 9.17) is 16.3 Å². The zero-order chi connectivity index (χ0) is 12.5. The summed E-state index contributed by atoms with van der Waals surface area (Å²) in [6.07, 6.45) is 0. The molecule has 0 saturated carbocycles. The molecule has 3 rings (SSSR count). The van der Waals surface area contributed by atoms with Crippen LogP contribution in [-0.4, -0.2) is 23.4 Å². The maximum absolute atomic E-state index is 6.13. The highest BCUT2D eigenvalue weighted by Crippen LogP contribution is 2.30. The number of methoxy groups -OCH3 is 1. The summed E-state index contributed by atoms with van der Waals surface area (Å²) in [7, 11) is 1.61. The third kappa shape index (κ3) is 1.98. The molecular weight excluding hydrogens is 250 g/mol. The number of rotatable bonds is 2. The van der Waals surface area contributed by atoms with E-state index in [9.17, 15) is 0 Å². The molecule has 94 valence electrons. The van der Waals surface area contributed by atoms with E-state index in [1.165, 1.54) is 5.69 Å². The van der Waals surface area contributed by atoms with Crippen LogP contribution in [0.4, 0.5) is 0 Å². The van der Waals surface area contributed by atoms with Gasteiger partial charge in [0.15, 0.2) is 0 Å². The van der Waals surface area contributed by atoms with Crippen molar-refractivity contribution in [2.24, 2.45) is 0 Å². The maximum Gasteiger partial charge on any atom is 0.137 e. The Bertz CT molecular complexity index is 556. The van der Waals surface area contributed by atoms with Crippen LogP contribution in [0, 0.1) is 0 Å². The predicted molar refractivity (Wildman–Crippen MR) is 70.9 cm³/mol. The van der Waals surface area contributed by atoms with E-state index in [-0.39, 0.29) is 0 Å². The molecule has 0 amide bonds. The Balaban J connectivity index is 1.99. The molecule has 0 atom stereocenters. The molecule has 1 aliphatic heterocycles. The molecule has 0 bridgehead atoms. The standard InChI is InChI=1S/C13H14ClN3O/c1-18-13-3-2-9(6-11(13)14)12-7-10-8-15-4-5-17(10)16-12/h2-3,6-7,15H,4-5,8H2,1H3. The summed E-state index contributed by atoms with van der Waals surface area (Å²) >= 11 is 6.13. The van der Waals surface area contributed by atoms with E-state index in [1.54, 1.807) is 7.11 Å². The number of hydrogen-bond donors (Lipinski definition) is 1. The fraction of sp³-hybridized carbons (Fsp3) is 0.308. The van der Waals surface area contributed by atoms with Gasteiger partial charge in [-0.15, -0.1) is 0 Å². The second kappa shape index (κ2) is 4.63. The normalized spacial score (nSPS) is 14.3. The summed E-state index contributed by atoms with van der Waals surface area (Å²) in [5.41, 5.74) is 3.18. The quantitative estimate of drug-likeness (QED) is 0.904. The summed E-state index contributed by atoms with van der Waals surface area (Å²) in [6.45, 7) is 2.76. The Hall–Kier alpha value is -1.52. The molecule has 1 aromatic heterocycles. The van der Waals surface area contributed by atoms with E-state index >= 15 is 0 Å². The molecule has 1 N–H and O–H groups in total. The molecule has 0 radical (unpaired) electrons. The van der Waals surface area contributed by atoms with E-state index in [0.29, 0.717) is 10.8 Å². The first kappa shape index (κ1) is 11.6. The number of fused-ring (bicyclic) bond motifs is 1. The minimum atomic E-state index is 0.610. The highest BCUT2D eigenvalue weighted by molar-refractivity contribution is 6.32. The number of hydrogen-bond acceptors (Lipinski definition) is 3. The molecule has 2 heterocycles. The summed E-state index contributed by atoms with van der Waals surface area (Å²) in [4.78, 5) is 0. The molecule has 0 unspecified atom stereocenters. The predicted octanol–water partition coefficient (Wildman–Crippen LogP) is 2.32. The largest absolute Gasteiger partial charge is 0.495 e. The molecule has 0 spiro atoms. The van der Waals surface area contributed by atoms with Crippen LogP contribution >= 0.6 is 11.6 Å². The summed E-state index contributed by atoms with van der Waals surface area (Å²) in [5, 5.41) is 8.53. The van der Waals surface area contributed by atoms with Crippen molar-refractivity contribution in [2.45, 2.75) is 13.1 Å². The van der Waals surface area contributed by atoms with Gasteiger partial charge in [-0.1, -0.05) is 11.6 Å². The van der Waals surface area contributed by atoms with Crippen molar-refractivity contribution in [3.05, 3.63) is 35.0 Å². The summed E-state index contributed by atoms with van der Waals surface area (Å²) in [5.74, 6) is 0.686. The lowest BCUT2D eigenvalue weighted by Gasteiger charge is -2.13. The molecule has 4 nitrogen and oxygen atoms in total. The molecule has 18 heavy (non-hydrogen) atoms. The molecule has 1 aliphatic rings. The van der Waals surface area contributed by atoms with Crippen molar-refractivity contribution in [3.8, 4) is 17.0 Å². The SMILES string of the molecule is COc1ccc(-c2cc3n(n2)CCNC3)cc1Cl. The molecule has 2 aromatic rings. The van der Waals surface area contributed by atoms with Gasteiger partial charge in [-0.3, -0.25) is 4.68 Å². The Morgan fingerprint density at radius 2 is 2.28 bits per heavy atom. The number of aromatic nitrogens is 2. The van der Waals surface area contributed by atoms with Gasteiger partial charge in [-0.05, 0) is 24.3 Å². The lowest BCUT2D eigenvalue weighted by molar-refractivity contribution is 0.415. The van der Waals surface area contributed by atoms with Gasteiger partial charge in [-0.2, -0.15) is 5.10 Å². The average molecular weight is 264 g/mol. The fourth-order valence-corrected chi connectivity index (χ4v) is 2.42. The maximum atomic E-state index is 6.13. The van der Waals surface area contributed by atoms with Gasteiger partial charge in [0.05, 0.1) is 30.1 Å². The van der Waals surface area contributed by atoms with Crippen LogP contribution in [0.25, 0.3) is 11.3 Å². The Labute approximate surface area is 111 Å². The summed E-state index contributed by atoms with van der Waals surface area (Å²) < 4.78 is 7.20. The molecule has 0 aliphatic carbocycles. The van der Waals surface area contributed by atoms with Gasteiger partial charge in [0, 0.05) is 18.7 Å². The van der Waals surface area contributed by atoms with E-state index in [0.717, 1.165) is 30.9 Å². The molecule has 0 saturated heterocycles. The van der Waals surface area contributed by atoms with Gasteiger partial charge in [-0.25, -0.2) is 0 Å². The van der Waals surface area contributed by atoms with Crippen molar-refractivity contribution in [2.75, 3.05) is 13.7 Å². The van der Waals surface area contributed by atoms with Gasteiger partial charge in [0.2, 0.25) is 0 Å². The fourth-order valence-electron chi connectivity index (χ4n) is 2.16. The Morgan fingerprint density at radius 3 is 3.00 bits per heavy atom. The third-order valence-electron chi connectivity index (χ3n) is 3.12. The lowest BCUT2D eigenvalue weighted by Crippen LogP contribution is -2.28. The second-order valence-electron chi connectivity index (χ2n) is 4.27. The zero-order valence-electron chi connectivity index (χ0n) is 10.1. The minimum Gasteiger partial charge on any atom is -0.495 e. The van der Waals surface area contributed by atoms with E-state index in [1.807, 2.05) is 22.9 Å². The van der Waals surface area contributed by atoms with Crippen LogP contribution in [0.1, 0.15) is 5.69 Å². The number of nitrogens with one attached hydrogen (secondary N) is 1. The average Bonchev–Trinajstić information content (AvgIpc) is 2.82. The van der Waals surface area contributed by atoms with Gasteiger partial charge < -0.3 is 10.1 Å². The summed E-state index contributed by atoms with van der Waals surface area (Å²) in [6, 6.07) is 7.84. The topological polar surface area (TPSA) is 39.1 Å². The van der Waals surface area contributed by atoms with Gasteiger partial charge in [0.1, 0.15) is 5.75 Å². The first-order valence-electron chi connectivity index (χ1n) is 5.89. The smallest absolute Gasteiger partial charge is 0.137 e. The number of nitrogens with zero attached hydrogens (tertiary/aromatic N) is 2. The lowest BCUT2D eigenvalue weighted by atomic mass is 10.1. The van der Waals surface area contributed by atoms with Crippen molar-refractivity contribution in [3.63, 3.8) is 0 Å². The highest BCUT2D eigenvalue weighted by Gasteiger charge is 2.13. The molecule has 5 heteroatoms. The monoisotopic (exact) mass is 263 g/mol. The zero-order valence-corrected chi connectivity index (χ0v) is 10.9. The second-order valence-corrected chi connectivity index (χ2v) is 4.68. The first-order chi connectivity index (χ1) is 8.78. The van der Waals surface area contributed by atoms with Gasteiger partial charge >= 0.3 is 0 Å². The molecular formula is C13H14ClN3O. The van der Waals surface area contributed by atoms with Crippen molar-refractivity contribution < 1.29 is 4.74 Å². The van der Waals surface area contributed by atoms with Crippen molar-refractivity contribution >= 4 is 11.6 Å². The number of halogens is 1. The molecule has 0 fully saturated rings. The van der Waals surface area contributed by atoms with E-state index < -0.39 is 0 Å². The van der Waals surface area contributed by atoms with Crippen LogP contribution in [0.2, 0.25) is 5.02 Å². The van der Waals surface area contributed by atoms with Crippen LogP contribution < -0.4 is 10.1 Å². The molecule has 1 aromatic carbocycles.